The molecule has 1 N–H and O–H groups in total. The van der Waals surface area contributed by atoms with Crippen LogP contribution in [0.1, 0.15) is 42.5 Å². The van der Waals surface area contributed by atoms with Gasteiger partial charge in [0.2, 0.25) is 5.91 Å². The molecule has 7 nitrogen and oxygen atoms in total. The zero-order valence-corrected chi connectivity index (χ0v) is 17.8. The Morgan fingerprint density at radius 2 is 1.90 bits per heavy atom. The van der Waals surface area contributed by atoms with Gasteiger partial charge in [-0.2, -0.15) is 0 Å². The number of rotatable bonds is 8. The third-order valence-electron chi connectivity index (χ3n) is 6.54. The molecule has 0 bridgehead atoms. The van der Waals surface area contributed by atoms with Gasteiger partial charge < -0.3 is 19.7 Å². The highest BCUT2D eigenvalue weighted by atomic mass is 16.5. The fraction of sp³-hybridized carbons (Fsp3) is 0.652. The Hall–Kier alpha value is -2.12. The summed E-state index contributed by atoms with van der Waals surface area (Å²) in [4.78, 5) is 29.8. The normalized spacial score (nSPS) is 24.6. The van der Waals surface area contributed by atoms with E-state index in [0.29, 0.717) is 56.6 Å². The van der Waals surface area contributed by atoms with Crippen LogP contribution in [0.4, 0.5) is 0 Å². The highest BCUT2D eigenvalue weighted by Gasteiger charge is 2.38. The fourth-order valence-corrected chi connectivity index (χ4v) is 4.57. The molecule has 1 aliphatic carbocycles. The third-order valence-corrected chi connectivity index (χ3v) is 6.54. The van der Waals surface area contributed by atoms with E-state index in [2.05, 4.69) is 10.2 Å². The maximum Gasteiger partial charge on any atom is 0.251 e. The van der Waals surface area contributed by atoms with Gasteiger partial charge in [0.25, 0.3) is 5.91 Å². The molecule has 2 saturated heterocycles. The minimum Gasteiger partial charge on any atom is -0.497 e. The SMILES string of the molecule is COc1cccc(C(=O)NC[C@@H]2CC[C@H](CC(=O)N3CCOCC3)N2CC2CC2)c1. The van der Waals surface area contributed by atoms with E-state index in [1.165, 1.54) is 12.8 Å². The molecule has 0 unspecified atom stereocenters. The summed E-state index contributed by atoms with van der Waals surface area (Å²) >= 11 is 0. The topological polar surface area (TPSA) is 71.1 Å². The van der Waals surface area contributed by atoms with Crippen molar-refractivity contribution in [2.45, 2.75) is 44.2 Å². The second kappa shape index (κ2) is 9.79. The number of carbonyl (C=O) groups is 2. The van der Waals surface area contributed by atoms with Gasteiger partial charge in [0.05, 0.1) is 20.3 Å². The maximum absolute atomic E-state index is 12.8. The van der Waals surface area contributed by atoms with Crippen LogP contribution >= 0.6 is 0 Å². The Labute approximate surface area is 178 Å². The van der Waals surface area contributed by atoms with E-state index in [0.717, 1.165) is 25.3 Å². The lowest BCUT2D eigenvalue weighted by atomic mass is 10.1. The Balaban J connectivity index is 1.34. The van der Waals surface area contributed by atoms with Crippen molar-refractivity contribution in [3.05, 3.63) is 29.8 Å². The van der Waals surface area contributed by atoms with Gasteiger partial charge in [-0.1, -0.05) is 6.07 Å². The van der Waals surface area contributed by atoms with E-state index in [-0.39, 0.29) is 17.9 Å². The molecule has 4 rings (SSSR count). The van der Waals surface area contributed by atoms with Gasteiger partial charge in [-0.15, -0.1) is 0 Å². The van der Waals surface area contributed by atoms with E-state index >= 15 is 0 Å². The monoisotopic (exact) mass is 415 g/mol. The average Bonchev–Trinajstić information content (AvgIpc) is 3.54. The van der Waals surface area contributed by atoms with Crippen LogP contribution in [0.3, 0.4) is 0 Å². The molecule has 1 aromatic rings. The molecular formula is C23H33N3O4. The number of ether oxygens (including phenoxy) is 2. The van der Waals surface area contributed by atoms with E-state index in [9.17, 15) is 9.59 Å². The van der Waals surface area contributed by atoms with Crippen molar-refractivity contribution in [1.82, 2.24) is 15.1 Å². The molecule has 7 heteroatoms. The molecule has 0 spiro atoms. The van der Waals surface area contributed by atoms with Crippen molar-refractivity contribution in [2.24, 2.45) is 5.92 Å². The van der Waals surface area contributed by atoms with E-state index in [4.69, 9.17) is 9.47 Å². The van der Waals surface area contributed by atoms with E-state index in [1.54, 1.807) is 19.2 Å². The number of morpholine rings is 1. The quantitative estimate of drug-likeness (QED) is 0.702. The van der Waals surface area contributed by atoms with Crippen LogP contribution in [0.5, 0.6) is 5.75 Å². The van der Waals surface area contributed by atoms with Gasteiger partial charge in [0, 0.05) is 50.2 Å². The molecule has 3 fully saturated rings. The number of amides is 2. The summed E-state index contributed by atoms with van der Waals surface area (Å²) in [5.74, 6) is 1.60. The van der Waals surface area contributed by atoms with Crippen LogP contribution in [-0.2, 0) is 9.53 Å². The first kappa shape index (κ1) is 21.1. The number of nitrogens with zero attached hydrogens (tertiary/aromatic N) is 2. The molecule has 3 aliphatic rings. The van der Waals surface area contributed by atoms with Crippen LogP contribution in [0, 0.1) is 5.92 Å². The van der Waals surface area contributed by atoms with Crippen LogP contribution in [0.2, 0.25) is 0 Å². The zero-order chi connectivity index (χ0) is 20.9. The predicted molar refractivity (Wildman–Crippen MR) is 114 cm³/mol. The molecular weight excluding hydrogens is 382 g/mol. The van der Waals surface area contributed by atoms with Gasteiger partial charge in [-0.05, 0) is 49.8 Å². The van der Waals surface area contributed by atoms with Crippen molar-refractivity contribution in [1.29, 1.82) is 0 Å². The lowest BCUT2D eigenvalue weighted by Crippen LogP contribution is -2.47. The summed E-state index contributed by atoms with van der Waals surface area (Å²) < 4.78 is 10.6. The third kappa shape index (κ3) is 5.32. The van der Waals surface area contributed by atoms with Crippen LogP contribution in [0.25, 0.3) is 0 Å². The number of benzene rings is 1. The van der Waals surface area contributed by atoms with E-state index in [1.807, 2.05) is 17.0 Å². The summed E-state index contributed by atoms with van der Waals surface area (Å²) in [6, 6.07) is 7.80. The lowest BCUT2D eigenvalue weighted by Gasteiger charge is -2.33. The Morgan fingerprint density at radius 1 is 1.13 bits per heavy atom. The van der Waals surface area contributed by atoms with E-state index < -0.39 is 0 Å². The largest absolute Gasteiger partial charge is 0.497 e. The molecule has 1 saturated carbocycles. The van der Waals surface area contributed by atoms with Gasteiger partial charge in [0.1, 0.15) is 5.75 Å². The summed E-state index contributed by atoms with van der Waals surface area (Å²) in [5.41, 5.74) is 0.611. The van der Waals surface area contributed by atoms with Crippen LogP contribution in [0.15, 0.2) is 24.3 Å². The first-order valence-corrected chi connectivity index (χ1v) is 11.2. The standard InChI is InChI=1S/C23H33N3O4/c1-29-21-4-2-3-18(13-21)23(28)24-15-20-8-7-19(26(20)16-17-5-6-17)14-22(27)25-9-11-30-12-10-25/h2-4,13,17,19-20H,5-12,14-16H2,1H3,(H,24,28)/t19-,20+/m1/s1. The van der Waals surface area contributed by atoms with Crippen molar-refractivity contribution in [3.63, 3.8) is 0 Å². The molecule has 0 radical (unpaired) electrons. The second-order valence-corrected chi connectivity index (χ2v) is 8.66. The van der Waals surface area contributed by atoms with Gasteiger partial charge in [-0.3, -0.25) is 14.5 Å². The maximum atomic E-state index is 12.8. The van der Waals surface area contributed by atoms with Gasteiger partial charge in [-0.25, -0.2) is 0 Å². The van der Waals surface area contributed by atoms with Crippen molar-refractivity contribution in [2.75, 3.05) is 46.5 Å². The minimum absolute atomic E-state index is 0.0758. The molecule has 1 aromatic carbocycles. The molecule has 2 heterocycles. The molecule has 2 amide bonds. The fourth-order valence-electron chi connectivity index (χ4n) is 4.57. The summed E-state index contributed by atoms with van der Waals surface area (Å²) in [6.45, 7) is 4.34. The average molecular weight is 416 g/mol. The number of likely N-dealkylation sites (tertiary alicyclic amines) is 1. The van der Waals surface area contributed by atoms with Gasteiger partial charge in [0.15, 0.2) is 0 Å². The van der Waals surface area contributed by atoms with Gasteiger partial charge >= 0.3 is 0 Å². The van der Waals surface area contributed by atoms with Crippen LogP contribution < -0.4 is 10.1 Å². The Morgan fingerprint density at radius 3 is 2.63 bits per heavy atom. The first-order chi connectivity index (χ1) is 14.6. The van der Waals surface area contributed by atoms with Crippen LogP contribution in [-0.4, -0.2) is 80.2 Å². The first-order valence-electron chi connectivity index (χ1n) is 11.2. The number of carbonyl (C=O) groups excluding carboxylic acids is 2. The number of nitrogens with one attached hydrogen (secondary N) is 1. The van der Waals surface area contributed by atoms with Crippen molar-refractivity contribution >= 4 is 11.8 Å². The number of hydrogen-bond acceptors (Lipinski definition) is 5. The lowest BCUT2D eigenvalue weighted by molar-refractivity contribution is -0.136. The minimum atomic E-state index is -0.0758. The highest BCUT2D eigenvalue weighted by molar-refractivity contribution is 5.94. The highest BCUT2D eigenvalue weighted by Crippen LogP contribution is 2.35. The predicted octanol–water partition coefficient (Wildman–Crippen LogP) is 1.92. The van der Waals surface area contributed by atoms with Crippen molar-refractivity contribution < 1.29 is 19.1 Å². The number of hydrogen-bond donors (Lipinski definition) is 1. The second-order valence-electron chi connectivity index (χ2n) is 8.66. The molecule has 30 heavy (non-hydrogen) atoms. The Bertz CT molecular complexity index is 746. The number of methoxy groups -OCH3 is 1. The summed E-state index contributed by atoms with van der Waals surface area (Å²) in [5, 5.41) is 3.11. The smallest absolute Gasteiger partial charge is 0.251 e. The molecule has 2 aliphatic heterocycles. The Kier molecular flexibility index (Phi) is 6.89. The zero-order valence-electron chi connectivity index (χ0n) is 17.8. The summed E-state index contributed by atoms with van der Waals surface area (Å²) in [7, 11) is 1.60. The van der Waals surface area contributed by atoms with Crippen molar-refractivity contribution in [3.8, 4) is 5.75 Å². The molecule has 2 atom stereocenters. The molecule has 164 valence electrons. The summed E-state index contributed by atoms with van der Waals surface area (Å²) in [6.07, 6.45) is 5.18. The molecule has 0 aromatic heterocycles.